The highest BCUT2D eigenvalue weighted by Crippen LogP contribution is 1.94. The van der Waals surface area contributed by atoms with Crippen LogP contribution in [0.5, 0.6) is 0 Å². The highest BCUT2D eigenvalue weighted by molar-refractivity contribution is 5.81. The molecule has 0 amide bonds. The Morgan fingerprint density at radius 2 is 1.80 bits per heavy atom. The fraction of sp³-hybridized carbons (Fsp3) is 0.600. The van der Waals surface area contributed by atoms with Gasteiger partial charge in [0.2, 0.25) is 0 Å². The van der Waals surface area contributed by atoms with Gasteiger partial charge in [0.05, 0.1) is 19.6 Å². The number of esters is 2. The predicted molar refractivity (Wildman–Crippen MR) is 55.0 cm³/mol. The first-order valence-corrected chi connectivity index (χ1v) is 4.85. The molecule has 0 saturated carbocycles. The standard InChI is InChI=1S/C10H17NO4/c1-2-9(12)14-7-3-4-8-15-10(13)5-6-11/h2H,1,3-8,11H2. The van der Waals surface area contributed by atoms with Gasteiger partial charge in [-0.15, -0.1) is 0 Å². The molecule has 0 aromatic rings. The summed E-state index contributed by atoms with van der Waals surface area (Å²) in [5.41, 5.74) is 5.16. The van der Waals surface area contributed by atoms with Gasteiger partial charge in [0.25, 0.3) is 0 Å². The van der Waals surface area contributed by atoms with Gasteiger partial charge in [0, 0.05) is 12.6 Å². The largest absolute Gasteiger partial charge is 0.466 e. The maximum Gasteiger partial charge on any atom is 0.330 e. The molecule has 0 unspecified atom stereocenters. The zero-order valence-electron chi connectivity index (χ0n) is 8.74. The summed E-state index contributed by atoms with van der Waals surface area (Å²) in [7, 11) is 0. The van der Waals surface area contributed by atoms with Crippen molar-refractivity contribution in [1.29, 1.82) is 0 Å². The highest BCUT2D eigenvalue weighted by atomic mass is 16.5. The van der Waals surface area contributed by atoms with Gasteiger partial charge < -0.3 is 15.2 Å². The second-order valence-corrected chi connectivity index (χ2v) is 2.84. The molecule has 0 bridgehead atoms. The predicted octanol–water partition coefficient (Wildman–Crippen LogP) is 0.388. The van der Waals surface area contributed by atoms with Crippen LogP contribution in [0.1, 0.15) is 19.3 Å². The molecule has 0 heterocycles. The van der Waals surface area contributed by atoms with Crippen molar-refractivity contribution in [3.8, 4) is 0 Å². The van der Waals surface area contributed by atoms with E-state index in [1.807, 2.05) is 0 Å². The molecule has 5 nitrogen and oxygen atoms in total. The average Bonchev–Trinajstić information content (AvgIpc) is 2.23. The van der Waals surface area contributed by atoms with E-state index < -0.39 is 5.97 Å². The van der Waals surface area contributed by atoms with E-state index in [9.17, 15) is 9.59 Å². The minimum absolute atomic E-state index is 0.242. The molecular formula is C10H17NO4. The van der Waals surface area contributed by atoms with Crippen LogP contribution in [-0.4, -0.2) is 31.7 Å². The Kier molecular flexibility index (Phi) is 8.37. The van der Waals surface area contributed by atoms with Gasteiger partial charge in [0.15, 0.2) is 0 Å². The molecule has 86 valence electrons. The summed E-state index contributed by atoms with van der Waals surface area (Å²) < 4.78 is 9.56. The number of hydrogen-bond acceptors (Lipinski definition) is 5. The fourth-order valence-electron chi connectivity index (χ4n) is 0.812. The Hall–Kier alpha value is -1.36. The van der Waals surface area contributed by atoms with Crippen molar-refractivity contribution in [2.75, 3.05) is 19.8 Å². The van der Waals surface area contributed by atoms with Crippen LogP contribution in [0.25, 0.3) is 0 Å². The minimum Gasteiger partial charge on any atom is -0.466 e. The Bertz CT molecular complexity index is 215. The van der Waals surface area contributed by atoms with Gasteiger partial charge in [0.1, 0.15) is 0 Å². The number of ether oxygens (including phenoxy) is 2. The summed E-state index contributed by atoms with van der Waals surface area (Å²) in [5.74, 6) is -0.726. The molecule has 0 spiro atoms. The Balaban J connectivity index is 3.21. The minimum atomic E-state index is -0.435. The third-order valence-electron chi connectivity index (χ3n) is 1.56. The topological polar surface area (TPSA) is 78.6 Å². The maximum absolute atomic E-state index is 10.8. The van der Waals surface area contributed by atoms with E-state index in [1.165, 1.54) is 0 Å². The van der Waals surface area contributed by atoms with Crippen molar-refractivity contribution in [2.24, 2.45) is 5.73 Å². The molecule has 0 saturated heterocycles. The molecular weight excluding hydrogens is 198 g/mol. The zero-order chi connectivity index (χ0) is 11.5. The van der Waals surface area contributed by atoms with Crippen molar-refractivity contribution in [3.05, 3.63) is 12.7 Å². The van der Waals surface area contributed by atoms with Crippen LogP contribution in [-0.2, 0) is 19.1 Å². The van der Waals surface area contributed by atoms with Gasteiger partial charge in [-0.2, -0.15) is 0 Å². The Morgan fingerprint density at radius 3 is 2.33 bits per heavy atom. The summed E-state index contributed by atoms with van der Waals surface area (Å²) in [6.45, 7) is 4.22. The number of carbonyl (C=O) groups is 2. The summed E-state index contributed by atoms with van der Waals surface area (Å²) in [6, 6.07) is 0. The van der Waals surface area contributed by atoms with Gasteiger partial charge in [-0.05, 0) is 12.8 Å². The van der Waals surface area contributed by atoms with E-state index in [4.69, 9.17) is 15.2 Å². The van der Waals surface area contributed by atoms with E-state index in [-0.39, 0.29) is 12.4 Å². The van der Waals surface area contributed by atoms with E-state index in [0.29, 0.717) is 32.6 Å². The monoisotopic (exact) mass is 215 g/mol. The second kappa shape index (κ2) is 9.21. The van der Waals surface area contributed by atoms with Gasteiger partial charge >= 0.3 is 11.9 Å². The summed E-state index contributed by atoms with van der Waals surface area (Å²) >= 11 is 0. The quantitative estimate of drug-likeness (QED) is 0.360. The Morgan fingerprint density at radius 1 is 1.20 bits per heavy atom. The molecule has 0 aromatic carbocycles. The number of carbonyl (C=O) groups excluding carboxylic acids is 2. The van der Waals surface area contributed by atoms with Crippen LogP contribution < -0.4 is 5.73 Å². The maximum atomic E-state index is 10.8. The van der Waals surface area contributed by atoms with Crippen LogP contribution >= 0.6 is 0 Å². The van der Waals surface area contributed by atoms with E-state index in [2.05, 4.69) is 6.58 Å². The first-order valence-electron chi connectivity index (χ1n) is 4.85. The fourth-order valence-corrected chi connectivity index (χ4v) is 0.812. The van der Waals surface area contributed by atoms with Crippen molar-refractivity contribution >= 4 is 11.9 Å². The zero-order valence-corrected chi connectivity index (χ0v) is 8.74. The number of nitrogens with two attached hydrogens (primary N) is 1. The van der Waals surface area contributed by atoms with Crippen LogP contribution in [0.2, 0.25) is 0 Å². The lowest BCUT2D eigenvalue weighted by Crippen LogP contribution is -2.12. The molecule has 0 radical (unpaired) electrons. The third kappa shape index (κ3) is 8.96. The summed E-state index contributed by atoms with van der Waals surface area (Å²) in [5, 5.41) is 0. The molecule has 0 aliphatic heterocycles. The molecule has 0 aromatic heterocycles. The SMILES string of the molecule is C=CC(=O)OCCCCOC(=O)CCN. The second-order valence-electron chi connectivity index (χ2n) is 2.84. The van der Waals surface area contributed by atoms with Crippen molar-refractivity contribution in [2.45, 2.75) is 19.3 Å². The molecule has 2 N–H and O–H groups in total. The molecule has 15 heavy (non-hydrogen) atoms. The van der Waals surface area contributed by atoms with Crippen molar-refractivity contribution in [3.63, 3.8) is 0 Å². The lowest BCUT2D eigenvalue weighted by Gasteiger charge is -2.04. The van der Waals surface area contributed by atoms with Crippen LogP contribution in [0.4, 0.5) is 0 Å². The first-order chi connectivity index (χ1) is 7.20. The third-order valence-corrected chi connectivity index (χ3v) is 1.56. The highest BCUT2D eigenvalue weighted by Gasteiger charge is 2.00. The van der Waals surface area contributed by atoms with Gasteiger partial charge in [-0.1, -0.05) is 6.58 Å². The summed E-state index contributed by atoms with van der Waals surface area (Å²) in [6.07, 6.45) is 2.68. The lowest BCUT2D eigenvalue weighted by atomic mass is 10.3. The first kappa shape index (κ1) is 13.6. The molecule has 5 heteroatoms. The molecule has 0 rings (SSSR count). The van der Waals surface area contributed by atoms with Crippen molar-refractivity contribution < 1.29 is 19.1 Å². The molecule has 0 fully saturated rings. The van der Waals surface area contributed by atoms with Crippen LogP contribution in [0, 0.1) is 0 Å². The number of rotatable bonds is 8. The van der Waals surface area contributed by atoms with E-state index in [0.717, 1.165) is 6.08 Å². The molecule has 0 atom stereocenters. The average molecular weight is 215 g/mol. The van der Waals surface area contributed by atoms with Gasteiger partial charge in [-0.25, -0.2) is 4.79 Å². The molecule has 0 aliphatic carbocycles. The normalized spacial score (nSPS) is 9.40. The lowest BCUT2D eigenvalue weighted by molar-refractivity contribution is -0.144. The van der Waals surface area contributed by atoms with Gasteiger partial charge in [-0.3, -0.25) is 4.79 Å². The van der Waals surface area contributed by atoms with Crippen LogP contribution in [0.15, 0.2) is 12.7 Å². The van der Waals surface area contributed by atoms with E-state index >= 15 is 0 Å². The number of hydrogen-bond donors (Lipinski definition) is 1. The smallest absolute Gasteiger partial charge is 0.330 e. The summed E-state index contributed by atoms with van der Waals surface area (Å²) in [4.78, 5) is 21.4. The van der Waals surface area contributed by atoms with Crippen LogP contribution in [0.3, 0.4) is 0 Å². The van der Waals surface area contributed by atoms with E-state index in [1.54, 1.807) is 0 Å². The van der Waals surface area contributed by atoms with Crippen molar-refractivity contribution in [1.82, 2.24) is 0 Å². The number of unbranched alkanes of at least 4 members (excludes halogenated alkanes) is 1. The molecule has 0 aliphatic rings. The Labute approximate surface area is 89.2 Å².